The summed E-state index contributed by atoms with van der Waals surface area (Å²) in [5.41, 5.74) is 18.2. The molecule has 7 N–H and O–H groups in total. The Morgan fingerprint density at radius 1 is 1.33 bits per heavy atom. The van der Waals surface area contributed by atoms with Crippen molar-refractivity contribution in [2.24, 2.45) is 17.2 Å². The highest BCUT2D eigenvalue weighted by Crippen LogP contribution is 2.24. The molecule has 1 amide bonds. The van der Waals surface area contributed by atoms with E-state index in [-0.39, 0.29) is 35.0 Å². The van der Waals surface area contributed by atoms with Gasteiger partial charge in [0, 0.05) is 30.8 Å². The van der Waals surface area contributed by atoms with Crippen LogP contribution in [0.25, 0.3) is 5.70 Å². The molecule has 1 atom stereocenters. The summed E-state index contributed by atoms with van der Waals surface area (Å²) < 4.78 is 5.86. The van der Waals surface area contributed by atoms with E-state index in [2.05, 4.69) is 0 Å². The number of para-hydroxylation sites is 1. The first-order chi connectivity index (χ1) is 11.4. The minimum atomic E-state index is -0.201. The van der Waals surface area contributed by atoms with Gasteiger partial charge in [-0.1, -0.05) is 12.1 Å². The van der Waals surface area contributed by atoms with Crippen molar-refractivity contribution in [3.05, 3.63) is 47.5 Å². The lowest BCUT2D eigenvalue weighted by molar-refractivity contribution is -0.132. The summed E-state index contributed by atoms with van der Waals surface area (Å²) in [6, 6.07) is 6.69. The van der Waals surface area contributed by atoms with Crippen molar-refractivity contribution in [1.29, 1.82) is 0 Å². The van der Waals surface area contributed by atoms with Crippen LogP contribution in [0, 0.1) is 0 Å². The number of phenolic OH excluding ortho intramolecular Hbond substituents is 1. The Labute approximate surface area is 141 Å². The van der Waals surface area contributed by atoms with Crippen LogP contribution in [0.1, 0.15) is 25.3 Å². The van der Waals surface area contributed by atoms with Gasteiger partial charge in [0.05, 0.1) is 6.54 Å². The maximum absolute atomic E-state index is 11.5. The zero-order valence-corrected chi connectivity index (χ0v) is 13.7. The zero-order valence-electron chi connectivity index (χ0n) is 13.7. The number of hydrogen-bond donors (Lipinski definition) is 4. The maximum atomic E-state index is 11.5. The summed E-state index contributed by atoms with van der Waals surface area (Å²) in [7, 11) is 0. The molecule has 1 saturated heterocycles. The summed E-state index contributed by atoms with van der Waals surface area (Å²) >= 11 is 0. The van der Waals surface area contributed by atoms with E-state index in [4.69, 9.17) is 21.9 Å². The van der Waals surface area contributed by atoms with Gasteiger partial charge < -0.3 is 31.9 Å². The second kappa shape index (κ2) is 7.63. The van der Waals surface area contributed by atoms with Crippen LogP contribution in [0.4, 0.5) is 0 Å². The lowest BCUT2D eigenvalue weighted by atomic mass is 10.1. The average molecular weight is 332 g/mol. The number of nitrogens with zero attached hydrogens (tertiary/aromatic N) is 1. The molecule has 0 saturated carbocycles. The van der Waals surface area contributed by atoms with Crippen molar-refractivity contribution in [3.63, 3.8) is 0 Å². The summed E-state index contributed by atoms with van der Waals surface area (Å²) in [5, 5.41) is 9.87. The third kappa shape index (κ3) is 4.34. The van der Waals surface area contributed by atoms with Crippen molar-refractivity contribution >= 4 is 11.6 Å². The number of benzene rings is 1. The maximum Gasteiger partial charge on any atom is 0.219 e. The molecule has 0 radical (unpaired) electrons. The quantitative estimate of drug-likeness (QED) is 0.477. The van der Waals surface area contributed by atoms with Crippen LogP contribution in [0.2, 0.25) is 0 Å². The molecule has 7 nitrogen and oxygen atoms in total. The number of likely N-dealkylation sites (tertiary alicyclic amines) is 1. The number of nitrogens with two attached hydrogens (primary N) is 3. The molecule has 0 aliphatic carbocycles. The number of phenols is 1. The van der Waals surface area contributed by atoms with E-state index in [0.717, 1.165) is 19.4 Å². The Balaban J connectivity index is 2.16. The van der Waals surface area contributed by atoms with Gasteiger partial charge in [0.1, 0.15) is 17.7 Å². The van der Waals surface area contributed by atoms with Crippen LogP contribution in [0.15, 0.2) is 41.9 Å². The third-order valence-corrected chi connectivity index (χ3v) is 3.90. The van der Waals surface area contributed by atoms with Crippen molar-refractivity contribution in [2.75, 3.05) is 13.1 Å². The van der Waals surface area contributed by atoms with E-state index in [0.29, 0.717) is 12.1 Å². The number of amides is 1. The van der Waals surface area contributed by atoms with Crippen LogP contribution < -0.4 is 17.2 Å². The Morgan fingerprint density at radius 3 is 2.67 bits per heavy atom. The van der Waals surface area contributed by atoms with E-state index in [1.165, 1.54) is 19.1 Å². The fraction of sp³-hybridized carbons (Fsp3) is 0.353. The number of allylic oxidation sites excluding steroid dienone is 1. The standard InChI is InChI=1S/C17H24N4O3/c1-11(22)21-8-4-5-12(10-21)24-16(17(19)20)9-14(18)13-6-2-3-7-15(13)23/h2-3,6-7,9,12,23H,4-5,8,10,18-20H2,1H3/b14-9-. The molecule has 1 aliphatic rings. The smallest absolute Gasteiger partial charge is 0.219 e. The summed E-state index contributed by atoms with van der Waals surface area (Å²) in [6.45, 7) is 2.74. The van der Waals surface area contributed by atoms with Crippen LogP contribution in [0.3, 0.4) is 0 Å². The Bertz CT molecular complexity index is 666. The average Bonchev–Trinajstić information content (AvgIpc) is 2.54. The van der Waals surface area contributed by atoms with Gasteiger partial charge in [0.2, 0.25) is 5.91 Å². The zero-order chi connectivity index (χ0) is 17.7. The minimum absolute atomic E-state index is 0.00619. The molecule has 1 aromatic carbocycles. The van der Waals surface area contributed by atoms with E-state index >= 15 is 0 Å². The number of rotatable bonds is 4. The molecule has 1 aromatic rings. The second-order valence-corrected chi connectivity index (χ2v) is 5.78. The number of hydrogen-bond acceptors (Lipinski definition) is 6. The summed E-state index contributed by atoms with van der Waals surface area (Å²) in [5.74, 6) is 0.305. The molecule has 24 heavy (non-hydrogen) atoms. The Morgan fingerprint density at radius 2 is 2.04 bits per heavy atom. The second-order valence-electron chi connectivity index (χ2n) is 5.78. The molecule has 1 fully saturated rings. The fourth-order valence-corrected chi connectivity index (χ4v) is 2.62. The molecular formula is C17H24N4O3. The van der Waals surface area contributed by atoms with Crippen molar-refractivity contribution in [2.45, 2.75) is 25.9 Å². The molecule has 0 spiro atoms. The van der Waals surface area contributed by atoms with Gasteiger partial charge in [-0.2, -0.15) is 0 Å². The topological polar surface area (TPSA) is 128 Å². The summed E-state index contributed by atoms with van der Waals surface area (Å²) in [6.07, 6.45) is 2.94. The molecule has 130 valence electrons. The predicted molar refractivity (Wildman–Crippen MR) is 92.0 cm³/mol. The van der Waals surface area contributed by atoms with Crippen molar-refractivity contribution < 1.29 is 14.6 Å². The van der Waals surface area contributed by atoms with Crippen LogP contribution in [-0.4, -0.2) is 35.1 Å². The first-order valence-electron chi connectivity index (χ1n) is 7.81. The minimum Gasteiger partial charge on any atom is -0.507 e. The van der Waals surface area contributed by atoms with E-state index in [9.17, 15) is 9.90 Å². The monoisotopic (exact) mass is 332 g/mol. The molecule has 1 heterocycles. The highest BCUT2D eigenvalue weighted by Gasteiger charge is 2.23. The molecular weight excluding hydrogens is 308 g/mol. The lowest BCUT2D eigenvalue weighted by Gasteiger charge is -2.32. The first kappa shape index (κ1) is 17.5. The van der Waals surface area contributed by atoms with Gasteiger partial charge in [0.25, 0.3) is 0 Å². The predicted octanol–water partition coefficient (Wildman–Crippen LogP) is 0.806. The number of ether oxygens (including phenoxy) is 1. The fourth-order valence-electron chi connectivity index (χ4n) is 2.62. The number of piperidine rings is 1. The number of carbonyl (C=O) groups is 1. The van der Waals surface area contributed by atoms with Gasteiger partial charge in [-0.15, -0.1) is 0 Å². The van der Waals surface area contributed by atoms with E-state index in [1.807, 2.05) is 0 Å². The highest BCUT2D eigenvalue weighted by atomic mass is 16.5. The van der Waals surface area contributed by atoms with Gasteiger partial charge in [-0.3, -0.25) is 4.79 Å². The Kier molecular flexibility index (Phi) is 5.57. The van der Waals surface area contributed by atoms with E-state index in [1.54, 1.807) is 23.1 Å². The third-order valence-electron chi connectivity index (χ3n) is 3.90. The first-order valence-corrected chi connectivity index (χ1v) is 7.81. The molecule has 0 bridgehead atoms. The molecule has 0 aromatic heterocycles. The van der Waals surface area contributed by atoms with Gasteiger partial charge in [0.15, 0.2) is 5.76 Å². The highest BCUT2D eigenvalue weighted by molar-refractivity contribution is 5.73. The van der Waals surface area contributed by atoms with Crippen LogP contribution in [-0.2, 0) is 9.53 Å². The summed E-state index contributed by atoms with van der Waals surface area (Å²) in [4.78, 5) is 13.2. The van der Waals surface area contributed by atoms with Crippen LogP contribution >= 0.6 is 0 Å². The van der Waals surface area contributed by atoms with Crippen molar-refractivity contribution in [1.82, 2.24) is 4.90 Å². The number of aromatic hydroxyl groups is 1. The molecule has 2 rings (SSSR count). The van der Waals surface area contributed by atoms with Gasteiger partial charge in [-0.25, -0.2) is 0 Å². The largest absolute Gasteiger partial charge is 0.507 e. The van der Waals surface area contributed by atoms with Crippen LogP contribution in [0.5, 0.6) is 5.75 Å². The molecule has 1 aliphatic heterocycles. The molecule has 1 unspecified atom stereocenters. The number of carbonyl (C=O) groups excluding carboxylic acids is 1. The van der Waals surface area contributed by atoms with E-state index < -0.39 is 0 Å². The Hall–Kier alpha value is -2.83. The SMILES string of the molecule is CC(=O)N1CCCC(OC(/C=C(\N)c2ccccc2O)=C(N)N)C1. The normalized spacial score (nSPS) is 18.1. The van der Waals surface area contributed by atoms with Gasteiger partial charge in [-0.05, 0) is 25.0 Å². The molecule has 7 heteroatoms. The lowest BCUT2D eigenvalue weighted by Crippen LogP contribution is -2.42. The van der Waals surface area contributed by atoms with Crippen molar-refractivity contribution in [3.8, 4) is 5.75 Å². The van der Waals surface area contributed by atoms with Gasteiger partial charge >= 0.3 is 0 Å².